The van der Waals surface area contributed by atoms with Crippen molar-refractivity contribution in [2.45, 2.75) is 45.3 Å². The van der Waals surface area contributed by atoms with Gasteiger partial charge in [0.2, 0.25) is 15.9 Å². The van der Waals surface area contributed by atoms with Gasteiger partial charge >= 0.3 is 0 Å². The minimum absolute atomic E-state index is 0.171. The van der Waals surface area contributed by atoms with E-state index in [1.807, 2.05) is 61.5 Å². The number of amides is 1. The predicted molar refractivity (Wildman–Crippen MR) is 138 cm³/mol. The second kappa shape index (κ2) is 10.4. The Morgan fingerprint density at radius 2 is 1.83 bits per heavy atom. The molecule has 1 fully saturated rings. The topological polar surface area (TPSA) is 98.5 Å². The quantitative estimate of drug-likeness (QED) is 0.443. The number of nitrogens with one attached hydrogen (secondary N) is 1. The molecule has 36 heavy (non-hydrogen) atoms. The van der Waals surface area contributed by atoms with E-state index in [1.54, 1.807) is 6.07 Å². The summed E-state index contributed by atoms with van der Waals surface area (Å²) in [5.74, 6) is -0.725. The number of rotatable bonds is 9. The van der Waals surface area contributed by atoms with Crippen LogP contribution in [0.4, 0.5) is 4.39 Å². The molecule has 3 N–H and O–H groups in total. The number of nitrogens with two attached hydrogens (primary N) is 1. The lowest BCUT2D eigenvalue weighted by Crippen LogP contribution is -2.40. The third-order valence-corrected chi connectivity index (χ3v) is 7.60. The Morgan fingerprint density at radius 3 is 2.53 bits per heavy atom. The Morgan fingerprint density at radius 1 is 1.08 bits per heavy atom. The number of primary amides is 1. The number of aryl methyl sites for hydroxylation is 1. The molecule has 1 amide bonds. The Kier molecular flexibility index (Phi) is 7.47. The van der Waals surface area contributed by atoms with Crippen LogP contribution in [0.1, 0.15) is 36.0 Å². The van der Waals surface area contributed by atoms with Crippen LogP contribution in [-0.4, -0.2) is 26.6 Å². The van der Waals surface area contributed by atoms with Gasteiger partial charge in [-0.3, -0.25) is 4.79 Å². The molecule has 0 radical (unpaired) electrons. The third kappa shape index (κ3) is 5.94. The zero-order chi connectivity index (χ0) is 25.9. The second-order valence-electron chi connectivity index (χ2n) is 9.69. The maximum atomic E-state index is 14.9. The molecule has 8 heteroatoms. The van der Waals surface area contributed by atoms with E-state index in [0.29, 0.717) is 31.2 Å². The number of hydrogen-bond acceptors (Lipinski definition) is 4. The van der Waals surface area contributed by atoms with Crippen molar-refractivity contribution in [2.24, 2.45) is 11.1 Å². The fourth-order valence-corrected chi connectivity index (χ4v) is 5.87. The molecular formula is C28H31FN2O4S. The lowest BCUT2D eigenvalue weighted by atomic mass is 9.78. The highest BCUT2D eigenvalue weighted by Crippen LogP contribution is 2.42. The van der Waals surface area contributed by atoms with Crippen LogP contribution in [0.15, 0.2) is 66.7 Å². The average Bonchev–Trinajstić information content (AvgIpc) is 3.22. The van der Waals surface area contributed by atoms with Crippen molar-refractivity contribution < 1.29 is 22.3 Å². The van der Waals surface area contributed by atoms with Gasteiger partial charge in [-0.1, -0.05) is 60.7 Å². The highest BCUT2D eigenvalue weighted by atomic mass is 32.2. The van der Waals surface area contributed by atoms with E-state index in [2.05, 4.69) is 4.72 Å². The third-order valence-electron chi connectivity index (χ3n) is 6.84. The number of benzene rings is 3. The molecular weight excluding hydrogens is 479 g/mol. The van der Waals surface area contributed by atoms with E-state index in [4.69, 9.17) is 10.5 Å². The first-order valence-corrected chi connectivity index (χ1v) is 13.8. The van der Waals surface area contributed by atoms with E-state index < -0.39 is 27.2 Å². The number of carbonyl (C=O) groups is 1. The van der Waals surface area contributed by atoms with Crippen LogP contribution in [0.2, 0.25) is 0 Å². The fraction of sp³-hybridized carbons (Fsp3) is 0.321. The van der Waals surface area contributed by atoms with Gasteiger partial charge in [-0.25, -0.2) is 17.5 Å². The van der Waals surface area contributed by atoms with Crippen LogP contribution in [0.3, 0.4) is 0 Å². The van der Waals surface area contributed by atoms with Crippen molar-refractivity contribution in [1.29, 1.82) is 0 Å². The Balaban J connectivity index is 1.63. The minimum atomic E-state index is -3.39. The summed E-state index contributed by atoms with van der Waals surface area (Å²) < 4.78 is 46.8. The molecule has 6 nitrogen and oxygen atoms in total. The first kappa shape index (κ1) is 25.9. The van der Waals surface area contributed by atoms with E-state index in [9.17, 15) is 17.6 Å². The van der Waals surface area contributed by atoms with E-state index in [1.165, 1.54) is 6.07 Å². The number of halogens is 1. The Hall–Kier alpha value is -3.23. The van der Waals surface area contributed by atoms with Crippen LogP contribution in [-0.2, 0) is 27.8 Å². The molecule has 190 valence electrons. The zero-order valence-electron chi connectivity index (χ0n) is 20.5. The molecule has 3 aromatic rings. The summed E-state index contributed by atoms with van der Waals surface area (Å²) in [5, 5.41) is 0. The highest BCUT2D eigenvalue weighted by molar-refractivity contribution is 7.88. The molecule has 0 unspecified atom stereocenters. The number of para-hydroxylation sites is 1. The number of sulfonamides is 1. The maximum Gasteiger partial charge on any atom is 0.224 e. The maximum absolute atomic E-state index is 14.9. The lowest BCUT2D eigenvalue weighted by molar-refractivity contribution is -0.127. The van der Waals surface area contributed by atoms with Crippen molar-refractivity contribution in [3.63, 3.8) is 0 Å². The molecule has 2 atom stereocenters. The molecule has 0 heterocycles. The van der Waals surface area contributed by atoms with Crippen LogP contribution < -0.4 is 15.2 Å². The summed E-state index contributed by atoms with van der Waals surface area (Å²) in [4.78, 5) is 12.6. The van der Waals surface area contributed by atoms with Crippen molar-refractivity contribution in [1.82, 2.24) is 4.72 Å². The molecule has 0 spiro atoms. The molecule has 4 rings (SSSR count). The van der Waals surface area contributed by atoms with Gasteiger partial charge < -0.3 is 10.5 Å². The Bertz CT molecular complexity index is 1360. The standard InChI is InChI=1S/C28H31FN2O4S/c1-19-11-12-21(16-28(27(30)32)14-13-22(17-28)31-36(2,33)34)15-24(19)23-9-6-10-25(29)26(23)35-18-20-7-4-3-5-8-20/h3-12,15,22,31H,13-14,16-18H2,1-2H3,(H2,30,32)/t22-,28+/m0/s1. The number of ether oxygens (including phenoxy) is 1. The summed E-state index contributed by atoms with van der Waals surface area (Å²) >= 11 is 0. The van der Waals surface area contributed by atoms with Gasteiger partial charge in [0.05, 0.1) is 11.7 Å². The number of carbonyl (C=O) groups excluding carboxylic acids is 1. The van der Waals surface area contributed by atoms with Crippen molar-refractivity contribution in [2.75, 3.05) is 6.26 Å². The van der Waals surface area contributed by atoms with E-state index >= 15 is 0 Å². The summed E-state index contributed by atoms with van der Waals surface area (Å²) in [6, 6.07) is 19.9. The average molecular weight is 511 g/mol. The first-order valence-electron chi connectivity index (χ1n) is 11.9. The molecule has 1 aliphatic rings. The van der Waals surface area contributed by atoms with E-state index in [-0.39, 0.29) is 18.4 Å². The van der Waals surface area contributed by atoms with Gasteiger partial charge in [0.1, 0.15) is 6.61 Å². The molecule has 0 bridgehead atoms. The summed E-state index contributed by atoms with van der Waals surface area (Å²) in [6.07, 6.45) is 2.84. The van der Waals surface area contributed by atoms with Crippen LogP contribution in [0.5, 0.6) is 5.75 Å². The van der Waals surface area contributed by atoms with Gasteiger partial charge in [-0.05, 0) is 60.9 Å². The summed E-state index contributed by atoms with van der Waals surface area (Å²) in [7, 11) is -3.39. The van der Waals surface area contributed by atoms with Crippen LogP contribution >= 0.6 is 0 Å². The van der Waals surface area contributed by atoms with Crippen LogP contribution in [0.25, 0.3) is 11.1 Å². The SMILES string of the molecule is Cc1ccc(C[C@]2(C(N)=O)CC[C@H](NS(C)(=O)=O)C2)cc1-c1cccc(F)c1OCc1ccccc1. The smallest absolute Gasteiger partial charge is 0.224 e. The zero-order valence-corrected chi connectivity index (χ0v) is 21.3. The highest BCUT2D eigenvalue weighted by Gasteiger charge is 2.44. The number of hydrogen-bond donors (Lipinski definition) is 2. The van der Waals surface area contributed by atoms with Crippen molar-refractivity contribution >= 4 is 15.9 Å². The van der Waals surface area contributed by atoms with E-state index in [0.717, 1.165) is 28.5 Å². The van der Waals surface area contributed by atoms with Gasteiger partial charge in [0.15, 0.2) is 11.6 Å². The molecule has 1 saturated carbocycles. The monoisotopic (exact) mass is 510 g/mol. The molecule has 0 saturated heterocycles. The molecule has 3 aromatic carbocycles. The normalized spacial score (nSPS) is 19.8. The summed E-state index contributed by atoms with van der Waals surface area (Å²) in [5.41, 5.74) is 9.14. The molecule has 0 aliphatic heterocycles. The largest absolute Gasteiger partial charge is 0.485 e. The first-order chi connectivity index (χ1) is 17.1. The summed E-state index contributed by atoms with van der Waals surface area (Å²) in [6.45, 7) is 2.17. The molecule has 0 aromatic heterocycles. The van der Waals surface area contributed by atoms with Gasteiger partial charge in [-0.15, -0.1) is 0 Å². The fourth-order valence-electron chi connectivity index (χ4n) is 5.06. The van der Waals surface area contributed by atoms with Gasteiger partial charge in [-0.2, -0.15) is 0 Å². The van der Waals surface area contributed by atoms with Crippen LogP contribution in [0, 0.1) is 18.2 Å². The minimum Gasteiger partial charge on any atom is -0.485 e. The Labute approximate surface area is 211 Å². The van der Waals surface area contributed by atoms with Gasteiger partial charge in [0, 0.05) is 11.6 Å². The van der Waals surface area contributed by atoms with Crippen molar-refractivity contribution in [3.8, 4) is 16.9 Å². The second-order valence-corrected chi connectivity index (χ2v) is 11.5. The molecule has 1 aliphatic carbocycles. The van der Waals surface area contributed by atoms with Crippen molar-refractivity contribution in [3.05, 3.63) is 89.2 Å². The van der Waals surface area contributed by atoms with Gasteiger partial charge in [0.25, 0.3) is 0 Å². The lowest BCUT2D eigenvalue weighted by Gasteiger charge is -2.26. The predicted octanol–water partition coefficient (Wildman–Crippen LogP) is 4.50.